The first kappa shape index (κ1) is 23.9. The predicted molar refractivity (Wildman–Crippen MR) is 112 cm³/mol. The average Bonchev–Trinajstić information content (AvgIpc) is 2.79. The lowest BCUT2D eigenvalue weighted by molar-refractivity contribution is -0.138. The minimum Gasteiger partial charge on any atom is -0.460 e. The Morgan fingerprint density at radius 2 is 0.969 bits per heavy atom. The number of nitrogens with one attached hydrogen (secondary N) is 2. The Kier molecular flexibility index (Phi) is 8.35. The van der Waals surface area contributed by atoms with Crippen molar-refractivity contribution >= 4 is 46.7 Å². The van der Waals surface area contributed by atoms with E-state index in [4.69, 9.17) is 0 Å². The molecule has 10 nitrogen and oxygen atoms in total. The molecule has 2 aromatic carbocycles. The lowest BCUT2D eigenvalue weighted by Gasteiger charge is -2.12. The van der Waals surface area contributed by atoms with Crippen LogP contribution in [-0.4, -0.2) is 48.5 Å². The van der Waals surface area contributed by atoms with Crippen LogP contribution in [0.5, 0.6) is 0 Å². The van der Waals surface area contributed by atoms with Gasteiger partial charge in [0.05, 0.1) is 35.7 Å². The first-order chi connectivity index (χ1) is 15.3. The van der Waals surface area contributed by atoms with Gasteiger partial charge in [-0.3, -0.25) is 19.2 Å². The molecule has 0 saturated carbocycles. The van der Waals surface area contributed by atoms with Crippen LogP contribution in [0.4, 0.5) is 11.4 Å². The summed E-state index contributed by atoms with van der Waals surface area (Å²) in [6.45, 7) is 3.05. The molecular formula is C22H20N2O8. The van der Waals surface area contributed by atoms with Crippen LogP contribution in [0.3, 0.4) is 0 Å². The maximum absolute atomic E-state index is 12.4. The van der Waals surface area contributed by atoms with Crippen LogP contribution in [0.15, 0.2) is 48.5 Å². The quantitative estimate of drug-likeness (QED) is 0.359. The van der Waals surface area contributed by atoms with Gasteiger partial charge in [-0.1, -0.05) is 24.3 Å². The van der Waals surface area contributed by atoms with E-state index in [0.717, 1.165) is 0 Å². The molecule has 0 aliphatic heterocycles. The van der Waals surface area contributed by atoms with E-state index in [1.54, 1.807) is 0 Å². The van der Waals surface area contributed by atoms with Gasteiger partial charge in [0.1, 0.15) is 0 Å². The minimum absolute atomic E-state index is 0.00850. The van der Waals surface area contributed by atoms with Gasteiger partial charge in [0, 0.05) is 0 Å². The van der Waals surface area contributed by atoms with Crippen LogP contribution in [0.25, 0.3) is 0 Å². The first-order valence-electron chi connectivity index (χ1n) is 9.53. The van der Waals surface area contributed by atoms with E-state index >= 15 is 0 Å². The van der Waals surface area contributed by atoms with Crippen LogP contribution in [0.1, 0.15) is 34.6 Å². The Balaban J connectivity index is 2.19. The number of para-hydroxylation sites is 2. The summed E-state index contributed by atoms with van der Waals surface area (Å²) in [7, 11) is 0. The molecule has 0 unspecified atom stereocenters. The first-order valence-corrected chi connectivity index (χ1v) is 9.53. The Morgan fingerprint density at radius 3 is 1.31 bits per heavy atom. The highest BCUT2D eigenvalue weighted by Gasteiger charge is 2.25. The van der Waals surface area contributed by atoms with E-state index in [0.29, 0.717) is 0 Å². The molecule has 0 radical (unpaired) electrons. The van der Waals surface area contributed by atoms with E-state index in [2.05, 4.69) is 20.1 Å². The maximum Gasteiger partial charge on any atom is 0.379 e. The number of ether oxygens (including phenoxy) is 2. The van der Waals surface area contributed by atoms with E-state index in [9.17, 15) is 28.8 Å². The fourth-order valence-corrected chi connectivity index (χ4v) is 2.55. The van der Waals surface area contributed by atoms with E-state index < -0.39 is 35.3 Å². The number of ketones is 2. The second-order valence-corrected chi connectivity index (χ2v) is 6.10. The summed E-state index contributed by atoms with van der Waals surface area (Å²) in [4.78, 5) is 72.7. The Morgan fingerprint density at radius 1 is 0.625 bits per heavy atom. The van der Waals surface area contributed by atoms with Crippen molar-refractivity contribution in [1.29, 1.82) is 0 Å². The molecule has 10 heteroatoms. The van der Waals surface area contributed by atoms with Gasteiger partial charge >= 0.3 is 23.8 Å². The fraction of sp³-hybridized carbons (Fsp3) is 0.182. The molecule has 0 aliphatic rings. The number of carbonyl (C=O) groups is 6. The van der Waals surface area contributed by atoms with Crippen molar-refractivity contribution in [3.8, 4) is 0 Å². The zero-order valence-electron chi connectivity index (χ0n) is 17.3. The summed E-state index contributed by atoms with van der Waals surface area (Å²) in [5, 5.41) is 4.49. The second kappa shape index (κ2) is 11.2. The van der Waals surface area contributed by atoms with E-state index in [1.165, 1.54) is 62.4 Å². The highest BCUT2D eigenvalue weighted by Crippen LogP contribution is 2.18. The van der Waals surface area contributed by atoms with Crippen molar-refractivity contribution in [3.63, 3.8) is 0 Å². The van der Waals surface area contributed by atoms with Crippen LogP contribution < -0.4 is 10.6 Å². The third kappa shape index (κ3) is 5.85. The number of rotatable bonds is 8. The number of anilines is 2. The highest BCUT2D eigenvalue weighted by molar-refractivity contribution is 6.47. The van der Waals surface area contributed by atoms with Gasteiger partial charge in [-0.15, -0.1) is 0 Å². The molecular weight excluding hydrogens is 420 g/mol. The van der Waals surface area contributed by atoms with Crippen LogP contribution >= 0.6 is 0 Å². The van der Waals surface area contributed by atoms with Gasteiger partial charge in [-0.25, -0.2) is 9.59 Å². The van der Waals surface area contributed by atoms with Crippen LogP contribution in [0.2, 0.25) is 0 Å². The van der Waals surface area contributed by atoms with Crippen molar-refractivity contribution < 1.29 is 38.2 Å². The summed E-state index contributed by atoms with van der Waals surface area (Å²) >= 11 is 0. The lowest BCUT2D eigenvalue weighted by Crippen LogP contribution is -2.31. The summed E-state index contributed by atoms with van der Waals surface area (Å²) in [5.74, 6) is -6.54. The summed E-state index contributed by atoms with van der Waals surface area (Å²) in [6, 6.07) is 11.2. The molecule has 0 spiro atoms. The molecule has 2 aromatic rings. The SMILES string of the molecule is CCOC(=O)C(=O)c1ccccc1NC(=O)C(=O)Nc1ccccc1C(=O)C(=O)OCC. The largest absolute Gasteiger partial charge is 0.460 e. The topological polar surface area (TPSA) is 145 Å². The Hall–Kier alpha value is -4.34. The number of amides is 2. The molecule has 0 fully saturated rings. The smallest absolute Gasteiger partial charge is 0.379 e. The van der Waals surface area contributed by atoms with Crippen LogP contribution in [0, 0.1) is 0 Å². The zero-order chi connectivity index (χ0) is 23.7. The number of Topliss-reactive ketones (excluding diaryl/α,β-unsaturated/α-hetero) is 2. The molecule has 32 heavy (non-hydrogen) atoms. The third-order valence-electron chi connectivity index (χ3n) is 3.97. The maximum atomic E-state index is 12.4. The molecule has 2 rings (SSSR count). The highest BCUT2D eigenvalue weighted by atomic mass is 16.5. The number of hydrogen-bond donors (Lipinski definition) is 2. The minimum atomic E-state index is -1.17. The Bertz CT molecular complexity index is 992. The summed E-state index contributed by atoms with van der Waals surface area (Å²) in [6.07, 6.45) is 0. The monoisotopic (exact) mass is 440 g/mol. The van der Waals surface area contributed by atoms with E-state index in [1.807, 2.05) is 0 Å². The third-order valence-corrected chi connectivity index (χ3v) is 3.97. The van der Waals surface area contributed by atoms with Gasteiger partial charge in [0.15, 0.2) is 0 Å². The normalized spacial score (nSPS) is 9.94. The molecule has 2 amide bonds. The van der Waals surface area contributed by atoms with Crippen molar-refractivity contribution in [1.82, 2.24) is 0 Å². The molecule has 0 aliphatic carbocycles. The summed E-state index contributed by atoms with van der Waals surface area (Å²) < 4.78 is 9.33. The number of hydrogen-bond acceptors (Lipinski definition) is 8. The van der Waals surface area contributed by atoms with Crippen molar-refractivity contribution in [2.45, 2.75) is 13.8 Å². The van der Waals surface area contributed by atoms with Gasteiger partial charge < -0.3 is 20.1 Å². The van der Waals surface area contributed by atoms with Crippen molar-refractivity contribution in [3.05, 3.63) is 59.7 Å². The average molecular weight is 440 g/mol. The molecule has 0 bridgehead atoms. The Labute approximate surface area is 182 Å². The number of carbonyl (C=O) groups excluding carboxylic acids is 6. The zero-order valence-corrected chi connectivity index (χ0v) is 17.3. The second-order valence-electron chi connectivity index (χ2n) is 6.10. The van der Waals surface area contributed by atoms with Gasteiger partial charge in [-0.2, -0.15) is 0 Å². The van der Waals surface area contributed by atoms with Crippen molar-refractivity contribution in [2.24, 2.45) is 0 Å². The lowest BCUT2D eigenvalue weighted by atomic mass is 10.1. The van der Waals surface area contributed by atoms with Gasteiger partial charge in [0.2, 0.25) is 0 Å². The molecule has 0 heterocycles. The van der Waals surface area contributed by atoms with Crippen molar-refractivity contribution in [2.75, 3.05) is 23.8 Å². The fourth-order valence-electron chi connectivity index (χ4n) is 2.55. The molecule has 0 atom stereocenters. The molecule has 166 valence electrons. The van der Waals surface area contributed by atoms with E-state index in [-0.39, 0.29) is 35.7 Å². The molecule has 0 aromatic heterocycles. The summed E-state index contributed by atoms with van der Waals surface area (Å²) in [5.41, 5.74) is -0.488. The number of benzene rings is 2. The number of esters is 2. The predicted octanol–water partition coefficient (Wildman–Crippen LogP) is 1.76. The standard InChI is InChI=1S/C22H20N2O8/c1-3-31-21(29)17(25)13-9-5-7-11-15(13)23-19(27)20(28)24-16-12-8-6-10-14(16)18(26)22(30)32-4-2/h5-12H,3-4H2,1-2H3,(H,23,27)(H,24,28). The molecule has 0 saturated heterocycles. The van der Waals surface area contributed by atoms with Gasteiger partial charge in [-0.05, 0) is 38.1 Å². The van der Waals surface area contributed by atoms with Crippen LogP contribution in [-0.2, 0) is 28.7 Å². The van der Waals surface area contributed by atoms with Gasteiger partial charge in [0.25, 0.3) is 11.6 Å². The molecule has 2 N–H and O–H groups in total.